The van der Waals surface area contributed by atoms with Gasteiger partial charge in [-0.15, -0.1) is 0 Å². The third-order valence-electron chi connectivity index (χ3n) is 6.48. The molecule has 2 saturated heterocycles. The lowest BCUT2D eigenvalue weighted by molar-refractivity contribution is -0.0676. The van der Waals surface area contributed by atoms with Crippen molar-refractivity contribution in [3.05, 3.63) is 59.2 Å². The minimum Gasteiger partial charge on any atom is -0.355 e. The molecule has 0 aromatic rings. The normalized spacial score (nSPS) is 25.6. The largest absolute Gasteiger partial charge is 0.355 e. The number of amidine groups is 1. The van der Waals surface area contributed by atoms with Crippen LogP contribution in [0.1, 0.15) is 26.2 Å². The SMILES string of the molecule is C=C/C=C\C(=NC)N1CC2(CN(C(=O)N3CCCS(=O)C4=C3CC=CC(CC)=C4)C2)C1. The van der Waals surface area contributed by atoms with E-state index in [-0.39, 0.29) is 11.4 Å². The number of aliphatic imine (C=N–C) groups is 1. The molecule has 1 unspecified atom stereocenters. The molecule has 3 aliphatic heterocycles. The second kappa shape index (κ2) is 8.99. The fourth-order valence-electron chi connectivity index (χ4n) is 4.86. The van der Waals surface area contributed by atoms with E-state index in [9.17, 15) is 9.00 Å². The summed E-state index contributed by atoms with van der Waals surface area (Å²) in [5, 5.41) is 0. The van der Waals surface area contributed by atoms with Gasteiger partial charge in [-0.2, -0.15) is 0 Å². The molecule has 31 heavy (non-hydrogen) atoms. The number of likely N-dealkylation sites (tertiary alicyclic amines) is 2. The number of rotatable bonds is 3. The minimum absolute atomic E-state index is 0.0631. The number of amides is 2. The van der Waals surface area contributed by atoms with Gasteiger partial charge in [-0.3, -0.25) is 14.1 Å². The first-order valence-electron chi connectivity index (χ1n) is 11.1. The highest BCUT2D eigenvalue weighted by Gasteiger charge is 2.54. The molecule has 0 aromatic carbocycles. The predicted molar refractivity (Wildman–Crippen MR) is 127 cm³/mol. The van der Waals surface area contributed by atoms with Crippen LogP contribution in [-0.2, 0) is 10.8 Å². The van der Waals surface area contributed by atoms with Crippen molar-refractivity contribution in [3.63, 3.8) is 0 Å². The molecule has 0 aromatic heterocycles. The Morgan fingerprint density at radius 2 is 2.03 bits per heavy atom. The first-order valence-corrected chi connectivity index (χ1v) is 12.4. The average Bonchev–Trinajstić information content (AvgIpc) is 3.01. The molecule has 4 rings (SSSR count). The van der Waals surface area contributed by atoms with Gasteiger partial charge in [0, 0.05) is 63.1 Å². The van der Waals surface area contributed by atoms with E-state index < -0.39 is 10.8 Å². The van der Waals surface area contributed by atoms with E-state index in [1.54, 1.807) is 13.1 Å². The molecule has 1 aliphatic carbocycles. The van der Waals surface area contributed by atoms with Gasteiger partial charge in [0.25, 0.3) is 0 Å². The van der Waals surface area contributed by atoms with Crippen molar-refractivity contribution in [2.75, 3.05) is 45.5 Å². The summed E-state index contributed by atoms with van der Waals surface area (Å²) in [6, 6.07) is 0.0631. The Kier molecular flexibility index (Phi) is 6.32. The summed E-state index contributed by atoms with van der Waals surface area (Å²) >= 11 is 0. The van der Waals surface area contributed by atoms with Gasteiger partial charge >= 0.3 is 6.03 Å². The Morgan fingerprint density at radius 3 is 2.71 bits per heavy atom. The van der Waals surface area contributed by atoms with Crippen LogP contribution >= 0.6 is 0 Å². The number of allylic oxidation sites excluding steroid dienone is 6. The number of hydrogen-bond donors (Lipinski definition) is 0. The van der Waals surface area contributed by atoms with Crippen LogP contribution in [0.4, 0.5) is 4.79 Å². The fourth-order valence-corrected chi connectivity index (χ4v) is 6.21. The van der Waals surface area contributed by atoms with Gasteiger partial charge in [0.15, 0.2) is 0 Å². The highest BCUT2D eigenvalue weighted by molar-refractivity contribution is 7.89. The van der Waals surface area contributed by atoms with Crippen molar-refractivity contribution < 1.29 is 9.00 Å². The highest BCUT2D eigenvalue weighted by atomic mass is 32.2. The summed E-state index contributed by atoms with van der Waals surface area (Å²) < 4.78 is 12.8. The van der Waals surface area contributed by atoms with Crippen molar-refractivity contribution >= 4 is 22.7 Å². The Hall–Kier alpha value is -2.41. The monoisotopic (exact) mass is 440 g/mol. The minimum atomic E-state index is -1.04. The molecule has 2 amide bonds. The molecular weight excluding hydrogens is 408 g/mol. The van der Waals surface area contributed by atoms with Crippen molar-refractivity contribution in [2.24, 2.45) is 10.4 Å². The lowest BCUT2D eigenvalue weighted by Gasteiger charge is -2.61. The van der Waals surface area contributed by atoms with Gasteiger partial charge in [0.2, 0.25) is 0 Å². The zero-order chi connectivity index (χ0) is 22.0. The molecule has 0 bridgehead atoms. The third-order valence-corrected chi connectivity index (χ3v) is 7.98. The lowest BCUT2D eigenvalue weighted by atomic mass is 9.73. The molecule has 0 radical (unpaired) electrons. The van der Waals surface area contributed by atoms with E-state index in [1.807, 2.05) is 28.0 Å². The van der Waals surface area contributed by atoms with Crippen LogP contribution in [0.25, 0.3) is 0 Å². The number of nitrogens with zero attached hydrogens (tertiary/aromatic N) is 4. The van der Waals surface area contributed by atoms with Gasteiger partial charge < -0.3 is 9.80 Å². The second-order valence-corrected chi connectivity index (χ2v) is 10.3. The highest BCUT2D eigenvalue weighted by Crippen LogP contribution is 2.41. The van der Waals surface area contributed by atoms with E-state index in [1.165, 1.54) is 5.57 Å². The molecule has 1 atom stereocenters. The molecule has 4 aliphatic rings. The van der Waals surface area contributed by atoms with Gasteiger partial charge in [-0.05, 0) is 30.6 Å². The van der Waals surface area contributed by atoms with Crippen LogP contribution < -0.4 is 0 Å². The smallest absolute Gasteiger partial charge is 0.324 e. The molecule has 3 heterocycles. The number of carbonyl (C=O) groups excluding carboxylic acids is 1. The maximum absolute atomic E-state index is 13.4. The number of carbonyl (C=O) groups is 1. The van der Waals surface area contributed by atoms with Crippen molar-refractivity contribution in [1.29, 1.82) is 0 Å². The van der Waals surface area contributed by atoms with Crippen LogP contribution in [0.15, 0.2) is 64.2 Å². The third kappa shape index (κ3) is 4.20. The van der Waals surface area contributed by atoms with Crippen LogP contribution in [0.5, 0.6) is 0 Å². The maximum Gasteiger partial charge on any atom is 0.324 e. The second-order valence-electron chi connectivity index (χ2n) is 8.72. The molecule has 2 fully saturated rings. The predicted octanol–water partition coefficient (Wildman–Crippen LogP) is 3.46. The molecular formula is C24H32N4O2S. The van der Waals surface area contributed by atoms with E-state index in [0.717, 1.165) is 55.5 Å². The topological polar surface area (TPSA) is 56.2 Å². The lowest BCUT2D eigenvalue weighted by Crippen LogP contribution is -2.74. The van der Waals surface area contributed by atoms with Gasteiger partial charge in [0.1, 0.15) is 5.84 Å². The summed E-state index contributed by atoms with van der Waals surface area (Å²) in [5.74, 6) is 1.58. The maximum atomic E-state index is 13.4. The molecule has 1 spiro atoms. The fraction of sp³-hybridized carbons (Fsp3) is 0.500. The summed E-state index contributed by atoms with van der Waals surface area (Å²) in [6.45, 7) is 9.86. The molecule has 6 nitrogen and oxygen atoms in total. The van der Waals surface area contributed by atoms with Crippen molar-refractivity contribution in [1.82, 2.24) is 14.7 Å². The summed E-state index contributed by atoms with van der Waals surface area (Å²) in [6.07, 6.45) is 14.2. The van der Waals surface area contributed by atoms with Crippen molar-refractivity contribution in [2.45, 2.75) is 26.2 Å². The van der Waals surface area contributed by atoms with Crippen LogP contribution in [-0.4, -0.2) is 76.3 Å². The number of hydrogen-bond acceptors (Lipinski definition) is 3. The Balaban J connectivity index is 1.44. The van der Waals surface area contributed by atoms with E-state index >= 15 is 0 Å². The first-order chi connectivity index (χ1) is 15.0. The van der Waals surface area contributed by atoms with Crippen LogP contribution in [0, 0.1) is 5.41 Å². The first kappa shape index (κ1) is 21.8. The number of urea groups is 1. The summed E-state index contributed by atoms with van der Waals surface area (Å²) in [4.78, 5) is 24.7. The molecule has 7 heteroatoms. The van der Waals surface area contributed by atoms with E-state index in [2.05, 4.69) is 35.5 Å². The van der Waals surface area contributed by atoms with Gasteiger partial charge in [-0.1, -0.05) is 37.8 Å². The van der Waals surface area contributed by atoms with Crippen LogP contribution in [0.2, 0.25) is 0 Å². The summed E-state index contributed by atoms with van der Waals surface area (Å²) in [7, 11) is 0.760. The van der Waals surface area contributed by atoms with Crippen LogP contribution in [0.3, 0.4) is 0 Å². The molecule has 0 N–H and O–H groups in total. The summed E-state index contributed by atoms with van der Waals surface area (Å²) in [5.41, 5.74) is 2.27. The average molecular weight is 441 g/mol. The standard InChI is InChI=1S/C24H32N4O2S/c1-4-6-11-22(25-3)26-15-24(16-26)17-27(18-24)23(29)28-12-8-13-31(30)21-14-19(5-2)9-7-10-20(21)28/h4,6-7,9,11,14H,1,5,8,10,12-13,15-18H2,2-3H3/b11-6-,25-22?. The van der Waals surface area contributed by atoms with Gasteiger partial charge in [0.05, 0.1) is 15.7 Å². The Bertz CT molecular complexity index is 929. The molecule has 0 saturated carbocycles. The van der Waals surface area contributed by atoms with E-state index in [0.29, 0.717) is 18.7 Å². The zero-order valence-corrected chi connectivity index (χ0v) is 19.4. The zero-order valence-electron chi connectivity index (χ0n) is 18.5. The quantitative estimate of drug-likeness (QED) is 0.384. The Labute approximate surface area is 187 Å². The molecule has 166 valence electrons. The Morgan fingerprint density at radius 1 is 1.29 bits per heavy atom. The van der Waals surface area contributed by atoms with E-state index in [4.69, 9.17) is 0 Å². The van der Waals surface area contributed by atoms with Crippen molar-refractivity contribution in [3.8, 4) is 0 Å². The van der Waals surface area contributed by atoms with Gasteiger partial charge in [-0.25, -0.2) is 4.79 Å².